The van der Waals surface area contributed by atoms with Gasteiger partial charge in [-0.05, 0) is 0 Å². The molecule has 2 aromatic heterocycles. The van der Waals surface area contributed by atoms with Gasteiger partial charge in [-0.3, -0.25) is 14.9 Å². The molecule has 0 radical (unpaired) electrons. The molecule has 4 heterocycles. The van der Waals surface area contributed by atoms with E-state index in [-0.39, 0.29) is 18.1 Å². The van der Waals surface area contributed by atoms with Gasteiger partial charge in [-0.15, -0.1) is 0 Å². The molecule has 4 rings (SSSR count). The number of furan rings is 1. The molecule has 1 N–H and O–H groups in total. The maximum Gasteiger partial charge on any atom is 0.292 e. The average molecular weight is 290 g/mol. The van der Waals surface area contributed by atoms with E-state index in [1.54, 1.807) is 12.4 Å². The zero-order chi connectivity index (χ0) is 14.6. The zero-order valence-corrected chi connectivity index (χ0v) is 10.9. The summed E-state index contributed by atoms with van der Waals surface area (Å²) in [7, 11) is 0. The lowest BCUT2D eigenvalue weighted by molar-refractivity contribution is -0.121. The molecule has 2 amide bonds. The van der Waals surface area contributed by atoms with Gasteiger partial charge in [0.05, 0.1) is 18.2 Å². The van der Waals surface area contributed by atoms with Crippen LogP contribution in [0.5, 0.6) is 0 Å². The summed E-state index contributed by atoms with van der Waals surface area (Å²) in [6.45, 7) is 0.644. The second-order valence-electron chi connectivity index (χ2n) is 5.33. The summed E-state index contributed by atoms with van der Waals surface area (Å²) in [6.07, 6.45) is 4.77. The number of rotatable bonds is 1. The minimum Gasteiger partial charge on any atom is -0.456 e. The number of amides is 2. The van der Waals surface area contributed by atoms with Gasteiger partial charge in [0.25, 0.3) is 5.91 Å². The molecule has 1 spiro atoms. The summed E-state index contributed by atoms with van der Waals surface area (Å²) in [5.41, 5.74) is -0.493. The Balaban J connectivity index is 1.59. The highest BCUT2D eigenvalue weighted by Gasteiger charge is 2.51. The first-order valence-corrected chi connectivity index (χ1v) is 6.45. The molecular formula is C13H11FN4O3. The lowest BCUT2D eigenvalue weighted by atomic mass is 9.84. The lowest BCUT2D eigenvalue weighted by Gasteiger charge is -2.52. The van der Waals surface area contributed by atoms with Gasteiger partial charge in [0.2, 0.25) is 17.6 Å². The minimum atomic E-state index is -0.675. The summed E-state index contributed by atoms with van der Waals surface area (Å²) in [6, 6.07) is 1.10. The van der Waals surface area contributed by atoms with Crippen molar-refractivity contribution >= 4 is 17.8 Å². The number of halogens is 1. The van der Waals surface area contributed by atoms with Gasteiger partial charge in [-0.25, -0.2) is 9.37 Å². The number of hydrogen-bond acceptors (Lipinski definition) is 4. The quantitative estimate of drug-likeness (QED) is 0.842. The van der Waals surface area contributed by atoms with Crippen LogP contribution in [-0.2, 0) is 10.3 Å². The fraction of sp³-hybridized carbons (Fsp3) is 0.308. The van der Waals surface area contributed by atoms with Crippen LogP contribution in [0.1, 0.15) is 17.0 Å². The fourth-order valence-electron chi connectivity index (χ4n) is 2.99. The van der Waals surface area contributed by atoms with Crippen molar-refractivity contribution < 1.29 is 18.4 Å². The Morgan fingerprint density at radius 2 is 2.29 bits per heavy atom. The molecule has 2 aliphatic rings. The Labute approximate surface area is 118 Å². The van der Waals surface area contributed by atoms with Crippen LogP contribution >= 0.6 is 0 Å². The molecule has 8 heteroatoms. The number of nitrogens with one attached hydrogen (secondary N) is 1. The average Bonchev–Trinajstić information content (AvgIpc) is 3.02. The van der Waals surface area contributed by atoms with Crippen LogP contribution in [-0.4, -0.2) is 39.4 Å². The Bertz CT molecular complexity index is 744. The first-order chi connectivity index (χ1) is 10.1. The van der Waals surface area contributed by atoms with Crippen LogP contribution in [0.2, 0.25) is 0 Å². The van der Waals surface area contributed by atoms with Crippen molar-refractivity contribution in [3.8, 4) is 0 Å². The predicted molar refractivity (Wildman–Crippen MR) is 68.0 cm³/mol. The third-order valence-electron chi connectivity index (χ3n) is 3.96. The molecule has 1 saturated heterocycles. The van der Waals surface area contributed by atoms with E-state index in [0.29, 0.717) is 19.0 Å². The van der Waals surface area contributed by atoms with Gasteiger partial charge < -0.3 is 13.9 Å². The summed E-state index contributed by atoms with van der Waals surface area (Å²) in [4.78, 5) is 29.4. The third kappa shape index (κ3) is 1.61. The van der Waals surface area contributed by atoms with Gasteiger partial charge in [0, 0.05) is 31.5 Å². The van der Waals surface area contributed by atoms with E-state index < -0.39 is 17.3 Å². The molecule has 2 aromatic rings. The first-order valence-electron chi connectivity index (χ1n) is 6.45. The molecule has 1 fully saturated rings. The maximum atomic E-state index is 13.4. The summed E-state index contributed by atoms with van der Waals surface area (Å²) >= 11 is 0. The van der Waals surface area contributed by atoms with Crippen molar-refractivity contribution in [2.45, 2.75) is 12.0 Å². The van der Waals surface area contributed by atoms with E-state index in [4.69, 9.17) is 4.42 Å². The normalized spacial score (nSPS) is 19.1. The van der Waals surface area contributed by atoms with Gasteiger partial charge in [0.15, 0.2) is 5.82 Å². The van der Waals surface area contributed by atoms with Crippen LogP contribution in [0, 0.1) is 5.82 Å². The highest BCUT2D eigenvalue weighted by molar-refractivity contribution is 5.94. The second-order valence-corrected chi connectivity index (χ2v) is 5.33. The van der Waals surface area contributed by atoms with Crippen LogP contribution in [0.25, 0.3) is 0 Å². The number of imidazole rings is 1. The predicted octanol–water partition coefficient (Wildman–Crippen LogP) is 0.809. The van der Waals surface area contributed by atoms with E-state index in [2.05, 4.69) is 10.3 Å². The van der Waals surface area contributed by atoms with Crippen molar-refractivity contribution in [2.75, 3.05) is 18.4 Å². The van der Waals surface area contributed by atoms with Crippen molar-refractivity contribution in [1.82, 2.24) is 14.5 Å². The summed E-state index contributed by atoms with van der Waals surface area (Å²) in [5, 5.41) is 2.67. The number of likely N-dealkylation sites (tertiary alicyclic amines) is 1. The molecule has 2 aliphatic heterocycles. The number of carbonyl (C=O) groups is 2. The topological polar surface area (TPSA) is 80.4 Å². The highest BCUT2D eigenvalue weighted by Crippen LogP contribution is 2.38. The van der Waals surface area contributed by atoms with E-state index in [1.807, 2.05) is 4.57 Å². The Morgan fingerprint density at radius 1 is 1.48 bits per heavy atom. The lowest BCUT2D eigenvalue weighted by Crippen LogP contribution is -2.66. The number of fused-ring (bicyclic) bond motifs is 2. The maximum absolute atomic E-state index is 13.4. The zero-order valence-electron chi connectivity index (χ0n) is 10.9. The molecule has 0 unspecified atom stereocenters. The van der Waals surface area contributed by atoms with Crippen LogP contribution in [0.4, 0.5) is 10.3 Å². The molecular weight excluding hydrogens is 279 g/mol. The summed E-state index contributed by atoms with van der Waals surface area (Å²) < 4.78 is 20.1. The Hall–Kier alpha value is -2.64. The van der Waals surface area contributed by atoms with Crippen molar-refractivity contribution in [1.29, 1.82) is 0 Å². The number of nitrogens with zero attached hydrogens (tertiary/aromatic N) is 3. The van der Waals surface area contributed by atoms with E-state index >= 15 is 0 Å². The molecule has 0 aliphatic carbocycles. The second kappa shape index (κ2) is 3.94. The van der Waals surface area contributed by atoms with Gasteiger partial charge in [-0.1, -0.05) is 0 Å². The summed E-state index contributed by atoms with van der Waals surface area (Å²) in [5.74, 6) is -1.13. The fourth-order valence-corrected chi connectivity index (χ4v) is 2.99. The van der Waals surface area contributed by atoms with E-state index in [0.717, 1.165) is 12.3 Å². The molecule has 0 bridgehead atoms. The largest absolute Gasteiger partial charge is 0.456 e. The standard InChI is InChI=1S/C13H11FN4O3/c14-8-1-4-21-10(8)11(20)17-6-13(7-17)5-9(19)16-12-15-2-3-18(12)13/h1-4H,5-7H2,(H,15,16,19). The molecule has 7 nitrogen and oxygen atoms in total. The number of carbonyl (C=O) groups excluding carboxylic acids is 2. The monoisotopic (exact) mass is 290 g/mol. The van der Waals surface area contributed by atoms with Crippen LogP contribution in [0.3, 0.4) is 0 Å². The van der Waals surface area contributed by atoms with E-state index in [9.17, 15) is 14.0 Å². The number of aromatic nitrogens is 2. The highest BCUT2D eigenvalue weighted by atomic mass is 19.1. The van der Waals surface area contributed by atoms with Gasteiger partial charge in [-0.2, -0.15) is 0 Å². The first kappa shape index (κ1) is 12.1. The van der Waals surface area contributed by atoms with Gasteiger partial charge >= 0.3 is 0 Å². The Morgan fingerprint density at radius 3 is 3.00 bits per heavy atom. The van der Waals surface area contributed by atoms with Crippen LogP contribution < -0.4 is 5.32 Å². The van der Waals surface area contributed by atoms with Crippen LogP contribution in [0.15, 0.2) is 29.1 Å². The van der Waals surface area contributed by atoms with Crippen molar-refractivity contribution in [3.63, 3.8) is 0 Å². The molecule has 21 heavy (non-hydrogen) atoms. The minimum absolute atomic E-state index is 0.134. The Kier molecular flexibility index (Phi) is 2.27. The number of hydrogen-bond donors (Lipinski definition) is 1. The van der Waals surface area contributed by atoms with Crippen molar-refractivity contribution in [2.24, 2.45) is 0 Å². The molecule has 0 aromatic carbocycles. The van der Waals surface area contributed by atoms with Gasteiger partial charge in [0.1, 0.15) is 0 Å². The molecule has 0 atom stereocenters. The van der Waals surface area contributed by atoms with Crippen molar-refractivity contribution in [3.05, 3.63) is 36.3 Å². The van der Waals surface area contributed by atoms with E-state index in [1.165, 1.54) is 4.90 Å². The smallest absolute Gasteiger partial charge is 0.292 e. The third-order valence-corrected chi connectivity index (χ3v) is 3.96. The number of anilines is 1. The SMILES string of the molecule is O=C1CC2(CN(C(=O)c3occc3F)C2)n2ccnc2N1. The molecule has 108 valence electrons. The molecule has 0 saturated carbocycles.